The number of hydrogen-bond donors (Lipinski definition) is 1. The summed E-state index contributed by atoms with van der Waals surface area (Å²) < 4.78 is 6.21. The quantitative estimate of drug-likeness (QED) is 0.744. The molecule has 0 amide bonds. The molecule has 1 heterocycles. The standard InChI is InChI=1S/C16H13BrN2O/c1-10-6-5-9-12(14(10)17)15-13(16(18)20-19-15)11-7-3-2-4-8-11/h2-9H,18H2,1H3. The first-order chi connectivity index (χ1) is 9.68. The second kappa shape index (κ2) is 5.13. The first kappa shape index (κ1) is 12.9. The number of hydrogen-bond acceptors (Lipinski definition) is 3. The van der Waals surface area contributed by atoms with Gasteiger partial charge in [0.1, 0.15) is 5.69 Å². The molecule has 0 radical (unpaired) electrons. The highest BCUT2D eigenvalue weighted by Gasteiger charge is 2.19. The molecule has 100 valence electrons. The van der Waals surface area contributed by atoms with E-state index in [9.17, 15) is 0 Å². The van der Waals surface area contributed by atoms with Crippen molar-refractivity contribution in [2.75, 3.05) is 5.73 Å². The molecule has 2 aromatic carbocycles. The van der Waals surface area contributed by atoms with Crippen molar-refractivity contribution in [3.8, 4) is 22.4 Å². The number of nitrogens with zero attached hydrogens (tertiary/aromatic N) is 1. The van der Waals surface area contributed by atoms with Gasteiger partial charge in [0, 0.05) is 10.0 Å². The predicted octanol–water partition coefficient (Wildman–Crippen LogP) is 4.66. The summed E-state index contributed by atoms with van der Waals surface area (Å²) in [5, 5.41) is 4.13. The maximum absolute atomic E-state index is 5.95. The Hall–Kier alpha value is -2.07. The number of aryl methyl sites for hydroxylation is 1. The average molecular weight is 329 g/mol. The van der Waals surface area contributed by atoms with Gasteiger partial charge in [0.15, 0.2) is 0 Å². The molecule has 3 nitrogen and oxygen atoms in total. The molecule has 0 aliphatic heterocycles. The fraction of sp³-hybridized carbons (Fsp3) is 0.0625. The normalized spacial score (nSPS) is 10.7. The summed E-state index contributed by atoms with van der Waals surface area (Å²) >= 11 is 3.61. The van der Waals surface area contributed by atoms with Crippen molar-refractivity contribution < 1.29 is 4.52 Å². The van der Waals surface area contributed by atoms with Gasteiger partial charge in [0.25, 0.3) is 0 Å². The van der Waals surface area contributed by atoms with E-state index in [1.165, 1.54) is 0 Å². The minimum atomic E-state index is 0.333. The average Bonchev–Trinajstić information content (AvgIpc) is 2.84. The molecule has 0 aliphatic rings. The largest absolute Gasteiger partial charge is 0.367 e. The van der Waals surface area contributed by atoms with Gasteiger partial charge in [-0.15, -0.1) is 0 Å². The lowest BCUT2D eigenvalue weighted by molar-refractivity contribution is 0.439. The Kier molecular flexibility index (Phi) is 3.32. The van der Waals surface area contributed by atoms with Crippen LogP contribution in [0.15, 0.2) is 57.5 Å². The zero-order valence-corrected chi connectivity index (χ0v) is 12.5. The second-order valence-electron chi connectivity index (χ2n) is 4.57. The van der Waals surface area contributed by atoms with Crippen LogP contribution in [0.3, 0.4) is 0 Å². The highest BCUT2D eigenvalue weighted by molar-refractivity contribution is 9.10. The molecule has 4 heteroatoms. The predicted molar refractivity (Wildman–Crippen MR) is 84.2 cm³/mol. The van der Waals surface area contributed by atoms with Gasteiger partial charge in [-0.05, 0) is 34.0 Å². The van der Waals surface area contributed by atoms with E-state index in [0.29, 0.717) is 5.88 Å². The van der Waals surface area contributed by atoms with E-state index in [1.54, 1.807) is 0 Å². The Bertz CT molecular complexity index is 750. The van der Waals surface area contributed by atoms with E-state index in [0.717, 1.165) is 32.4 Å². The maximum Gasteiger partial charge on any atom is 0.230 e. The van der Waals surface area contributed by atoms with Crippen LogP contribution in [0.4, 0.5) is 5.88 Å². The third kappa shape index (κ3) is 2.12. The van der Waals surface area contributed by atoms with Crippen LogP contribution < -0.4 is 5.73 Å². The molecule has 3 aromatic rings. The van der Waals surface area contributed by atoms with Gasteiger partial charge in [-0.25, -0.2) is 0 Å². The fourth-order valence-electron chi connectivity index (χ4n) is 2.20. The van der Waals surface area contributed by atoms with E-state index in [1.807, 2.05) is 55.5 Å². The first-order valence-electron chi connectivity index (χ1n) is 6.24. The van der Waals surface area contributed by atoms with Gasteiger partial charge >= 0.3 is 0 Å². The monoisotopic (exact) mass is 328 g/mol. The summed E-state index contributed by atoms with van der Waals surface area (Å²) in [7, 11) is 0. The molecule has 0 unspecified atom stereocenters. The highest BCUT2D eigenvalue weighted by atomic mass is 79.9. The van der Waals surface area contributed by atoms with Crippen molar-refractivity contribution in [3.05, 3.63) is 58.6 Å². The molecule has 1 aromatic heterocycles. The molecule has 3 rings (SSSR count). The zero-order chi connectivity index (χ0) is 14.1. The van der Waals surface area contributed by atoms with Crippen molar-refractivity contribution >= 4 is 21.8 Å². The number of halogens is 1. The third-order valence-corrected chi connectivity index (χ3v) is 4.28. The van der Waals surface area contributed by atoms with Crippen molar-refractivity contribution in [1.82, 2.24) is 5.16 Å². The zero-order valence-electron chi connectivity index (χ0n) is 10.9. The number of aromatic nitrogens is 1. The van der Waals surface area contributed by atoms with Crippen LogP contribution in [0.25, 0.3) is 22.4 Å². The van der Waals surface area contributed by atoms with Crippen LogP contribution in [0, 0.1) is 6.92 Å². The number of rotatable bonds is 2. The molecule has 0 bridgehead atoms. The van der Waals surface area contributed by atoms with Crippen LogP contribution in [0.2, 0.25) is 0 Å². The Balaban J connectivity index is 2.24. The van der Waals surface area contributed by atoms with E-state index in [2.05, 4.69) is 21.1 Å². The van der Waals surface area contributed by atoms with E-state index in [-0.39, 0.29) is 0 Å². The molecule has 2 N–H and O–H groups in total. The topological polar surface area (TPSA) is 52.0 Å². The summed E-state index contributed by atoms with van der Waals surface area (Å²) in [5.41, 5.74) is 10.7. The molecule has 0 spiro atoms. The summed E-state index contributed by atoms with van der Waals surface area (Å²) in [4.78, 5) is 0. The molecule has 0 fully saturated rings. The lowest BCUT2D eigenvalue weighted by Gasteiger charge is -2.06. The third-order valence-electron chi connectivity index (χ3n) is 3.23. The smallest absolute Gasteiger partial charge is 0.230 e. The van der Waals surface area contributed by atoms with Gasteiger partial charge in [-0.1, -0.05) is 53.7 Å². The highest BCUT2D eigenvalue weighted by Crippen LogP contribution is 2.39. The molecule has 0 saturated carbocycles. The molecular weight excluding hydrogens is 316 g/mol. The van der Waals surface area contributed by atoms with Gasteiger partial charge in [0.2, 0.25) is 5.88 Å². The second-order valence-corrected chi connectivity index (χ2v) is 5.37. The minimum absolute atomic E-state index is 0.333. The summed E-state index contributed by atoms with van der Waals surface area (Å²) in [6.07, 6.45) is 0. The van der Waals surface area contributed by atoms with Gasteiger partial charge < -0.3 is 10.3 Å². The van der Waals surface area contributed by atoms with Crippen LogP contribution in [-0.2, 0) is 0 Å². The number of nitrogens with two attached hydrogens (primary N) is 1. The van der Waals surface area contributed by atoms with E-state index >= 15 is 0 Å². The van der Waals surface area contributed by atoms with Gasteiger partial charge in [-0.2, -0.15) is 0 Å². The van der Waals surface area contributed by atoms with Gasteiger partial charge in [-0.3, -0.25) is 0 Å². The van der Waals surface area contributed by atoms with Crippen LogP contribution in [0.5, 0.6) is 0 Å². The molecule has 0 aliphatic carbocycles. The Labute approximate surface area is 125 Å². The lowest BCUT2D eigenvalue weighted by atomic mass is 10.00. The molecule has 0 saturated heterocycles. The molecule has 0 atom stereocenters. The Morgan fingerprint density at radius 1 is 1.05 bits per heavy atom. The number of nitrogen functional groups attached to an aromatic ring is 1. The number of anilines is 1. The van der Waals surface area contributed by atoms with Crippen LogP contribution in [0.1, 0.15) is 5.56 Å². The number of benzene rings is 2. The Morgan fingerprint density at radius 3 is 2.55 bits per heavy atom. The fourth-order valence-corrected chi connectivity index (χ4v) is 2.65. The van der Waals surface area contributed by atoms with Crippen LogP contribution in [-0.4, -0.2) is 5.16 Å². The van der Waals surface area contributed by atoms with E-state index < -0.39 is 0 Å². The lowest BCUT2D eigenvalue weighted by Crippen LogP contribution is -1.89. The van der Waals surface area contributed by atoms with E-state index in [4.69, 9.17) is 10.3 Å². The minimum Gasteiger partial charge on any atom is -0.367 e. The molecule has 20 heavy (non-hydrogen) atoms. The SMILES string of the molecule is Cc1cccc(-c2noc(N)c2-c2ccccc2)c1Br. The Morgan fingerprint density at radius 2 is 1.80 bits per heavy atom. The van der Waals surface area contributed by atoms with Crippen molar-refractivity contribution in [2.45, 2.75) is 6.92 Å². The summed E-state index contributed by atoms with van der Waals surface area (Å²) in [6, 6.07) is 15.9. The van der Waals surface area contributed by atoms with Crippen LogP contribution >= 0.6 is 15.9 Å². The van der Waals surface area contributed by atoms with Crippen molar-refractivity contribution in [1.29, 1.82) is 0 Å². The first-order valence-corrected chi connectivity index (χ1v) is 7.04. The summed E-state index contributed by atoms with van der Waals surface area (Å²) in [5.74, 6) is 0.333. The summed E-state index contributed by atoms with van der Waals surface area (Å²) in [6.45, 7) is 2.04. The van der Waals surface area contributed by atoms with Gasteiger partial charge in [0.05, 0.1) is 5.56 Å². The molecular formula is C16H13BrN2O. The van der Waals surface area contributed by atoms with Crippen molar-refractivity contribution in [3.63, 3.8) is 0 Å². The maximum atomic E-state index is 5.95. The van der Waals surface area contributed by atoms with Crippen molar-refractivity contribution in [2.24, 2.45) is 0 Å².